The Hall–Kier alpha value is -3.10. The average Bonchev–Trinajstić information content (AvgIpc) is 3.29. The van der Waals surface area contributed by atoms with Gasteiger partial charge < -0.3 is 24.6 Å². The van der Waals surface area contributed by atoms with Crippen LogP contribution in [0.4, 0.5) is 0 Å². The first-order chi connectivity index (χ1) is 17.2. The van der Waals surface area contributed by atoms with E-state index in [-0.39, 0.29) is 41.7 Å². The molecule has 1 N–H and O–H groups in total. The first-order valence-electron chi connectivity index (χ1n) is 13.0. The maximum Gasteiger partial charge on any atom is 0.344 e. The summed E-state index contributed by atoms with van der Waals surface area (Å²) in [6, 6.07) is 5.24. The van der Waals surface area contributed by atoms with Crippen molar-refractivity contribution < 1.29 is 28.7 Å². The van der Waals surface area contributed by atoms with Crippen LogP contribution in [0.1, 0.15) is 78.1 Å². The molecule has 0 aliphatic carbocycles. The molecule has 1 heterocycles. The molecule has 0 unspecified atom stereocenters. The van der Waals surface area contributed by atoms with Crippen LogP contribution in [0.25, 0.3) is 0 Å². The smallest absolute Gasteiger partial charge is 0.344 e. The quantitative estimate of drug-likeness (QED) is 0.477. The van der Waals surface area contributed by atoms with Crippen molar-refractivity contribution in [3.8, 4) is 5.75 Å². The Morgan fingerprint density at radius 2 is 1.76 bits per heavy atom. The molecule has 9 nitrogen and oxygen atoms in total. The summed E-state index contributed by atoms with van der Waals surface area (Å²) in [6.45, 7) is 13.2. The van der Waals surface area contributed by atoms with Crippen LogP contribution in [0.3, 0.4) is 0 Å². The number of nitrogens with one attached hydrogen (secondary N) is 1. The van der Waals surface area contributed by atoms with Gasteiger partial charge in [0.1, 0.15) is 23.4 Å². The van der Waals surface area contributed by atoms with E-state index < -0.39 is 29.6 Å². The maximum absolute atomic E-state index is 13.6. The molecule has 0 aromatic heterocycles. The summed E-state index contributed by atoms with van der Waals surface area (Å²) < 4.78 is 10.9. The van der Waals surface area contributed by atoms with Crippen molar-refractivity contribution in [2.45, 2.75) is 91.5 Å². The van der Waals surface area contributed by atoms with Gasteiger partial charge in [0.2, 0.25) is 11.8 Å². The zero-order valence-corrected chi connectivity index (χ0v) is 23.5. The molecular formula is C28H43N3O6. The molecule has 1 fully saturated rings. The van der Waals surface area contributed by atoms with E-state index in [1.54, 1.807) is 61.9 Å². The molecule has 1 aliphatic rings. The van der Waals surface area contributed by atoms with E-state index >= 15 is 0 Å². The third-order valence-corrected chi connectivity index (χ3v) is 6.15. The van der Waals surface area contributed by atoms with Gasteiger partial charge in [-0.15, -0.1) is 0 Å². The van der Waals surface area contributed by atoms with Gasteiger partial charge >= 0.3 is 5.97 Å². The summed E-state index contributed by atoms with van der Waals surface area (Å²) in [7, 11) is 1.75. The minimum Gasteiger partial charge on any atom is -0.481 e. The summed E-state index contributed by atoms with van der Waals surface area (Å²) in [5, 5.41) is 2.87. The number of benzene rings is 1. The number of nitrogens with zero attached hydrogens (tertiary/aromatic N) is 2. The highest BCUT2D eigenvalue weighted by Crippen LogP contribution is 2.24. The van der Waals surface area contributed by atoms with Crippen molar-refractivity contribution in [1.29, 1.82) is 0 Å². The molecule has 1 aromatic carbocycles. The molecule has 1 aliphatic heterocycles. The maximum atomic E-state index is 13.6. The van der Waals surface area contributed by atoms with E-state index in [4.69, 9.17) is 9.47 Å². The standard InChI is InChI=1S/C28H43N3O6/c1-18(2)16-21(26(34)31-15-11-13-22(31)27(35)30(8)19(3)4)29-25(33)20-12-9-10-14-23(20)36-17-24(32)37-28(5,6)7/h9-10,12,14,18-19,21-22H,11,13,15-17H2,1-8H3,(H,29,33)/t21-,22-/m1/s1. The van der Waals surface area contributed by atoms with E-state index in [9.17, 15) is 19.2 Å². The molecular weight excluding hydrogens is 474 g/mol. The number of rotatable bonds is 10. The highest BCUT2D eigenvalue weighted by molar-refractivity contribution is 6.00. The SMILES string of the molecule is CC(C)C[C@@H](NC(=O)c1ccccc1OCC(=O)OC(C)(C)C)C(=O)N1CCC[C@@H]1C(=O)N(C)C(C)C. The molecule has 1 aromatic rings. The van der Waals surface area contributed by atoms with Gasteiger partial charge in [0.05, 0.1) is 5.56 Å². The Kier molecular flexibility index (Phi) is 10.5. The summed E-state index contributed by atoms with van der Waals surface area (Å²) in [5.74, 6) is -1.04. The highest BCUT2D eigenvalue weighted by Gasteiger charge is 2.39. The minimum atomic E-state index is -0.802. The van der Waals surface area contributed by atoms with Crippen LogP contribution in [0, 0.1) is 5.92 Å². The van der Waals surface area contributed by atoms with Gasteiger partial charge in [0, 0.05) is 19.6 Å². The van der Waals surface area contributed by atoms with Crippen LogP contribution in [0.15, 0.2) is 24.3 Å². The third kappa shape index (κ3) is 8.76. The Balaban J connectivity index is 2.19. The lowest BCUT2D eigenvalue weighted by molar-refractivity contribution is -0.157. The van der Waals surface area contributed by atoms with E-state index in [1.807, 2.05) is 27.7 Å². The first-order valence-corrected chi connectivity index (χ1v) is 13.0. The summed E-state index contributed by atoms with van der Waals surface area (Å²) in [5.41, 5.74) is -0.443. The lowest BCUT2D eigenvalue weighted by atomic mass is 10.0. The van der Waals surface area contributed by atoms with Crippen molar-refractivity contribution in [2.75, 3.05) is 20.2 Å². The number of likely N-dealkylation sites (N-methyl/N-ethyl adjacent to an activating group) is 1. The van der Waals surface area contributed by atoms with E-state index in [2.05, 4.69) is 5.32 Å². The molecule has 9 heteroatoms. The monoisotopic (exact) mass is 517 g/mol. The Morgan fingerprint density at radius 3 is 2.35 bits per heavy atom. The molecule has 1 saturated heterocycles. The van der Waals surface area contributed by atoms with Crippen molar-refractivity contribution in [3.05, 3.63) is 29.8 Å². The van der Waals surface area contributed by atoms with E-state index in [0.29, 0.717) is 19.4 Å². The molecule has 0 spiro atoms. The topological polar surface area (TPSA) is 105 Å². The number of likely N-dealkylation sites (tertiary alicyclic amines) is 1. The number of ether oxygens (including phenoxy) is 2. The van der Waals surface area contributed by atoms with E-state index in [0.717, 1.165) is 6.42 Å². The van der Waals surface area contributed by atoms with Crippen LogP contribution in [-0.4, -0.2) is 77.4 Å². The van der Waals surface area contributed by atoms with Crippen molar-refractivity contribution >= 4 is 23.7 Å². The van der Waals surface area contributed by atoms with E-state index in [1.165, 1.54) is 0 Å². The molecule has 0 bridgehead atoms. The molecule has 3 amide bonds. The largest absolute Gasteiger partial charge is 0.481 e. The molecule has 0 saturated carbocycles. The first kappa shape index (κ1) is 30.1. The van der Waals surface area contributed by atoms with Crippen molar-refractivity contribution in [3.63, 3.8) is 0 Å². The minimum absolute atomic E-state index is 0.0217. The van der Waals surface area contributed by atoms with Gasteiger partial charge in [-0.05, 0) is 71.9 Å². The lowest BCUT2D eigenvalue weighted by Gasteiger charge is -2.32. The van der Waals surface area contributed by atoms with Crippen molar-refractivity contribution in [1.82, 2.24) is 15.1 Å². The Morgan fingerprint density at radius 1 is 1.11 bits per heavy atom. The number of amides is 3. The van der Waals surface area contributed by atoms with Crippen LogP contribution >= 0.6 is 0 Å². The summed E-state index contributed by atoms with van der Waals surface area (Å²) >= 11 is 0. The Labute approximate surface area is 220 Å². The molecule has 2 atom stereocenters. The fraction of sp³-hybridized carbons (Fsp3) is 0.643. The van der Waals surface area contributed by atoms with Crippen LogP contribution in [-0.2, 0) is 19.1 Å². The normalized spacial score (nSPS) is 16.5. The van der Waals surface area contributed by atoms with Gasteiger partial charge in [-0.1, -0.05) is 26.0 Å². The van der Waals surface area contributed by atoms with Crippen LogP contribution < -0.4 is 10.1 Å². The number of hydrogen-bond donors (Lipinski definition) is 1. The van der Waals surface area contributed by atoms with Gasteiger partial charge in [-0.2, -0.15) is 0 Å². The van der Waals surface area contributed by atoms with Gasteiger partial charge in [0.25, 0.3) is 5.91 Å². The predicted molar refractivity (Wildman–Crippen MR) is 141 cm³/mol. The second-order valence-corrected chi connectivity index (χ2v) is 11.3. The van der Waals surface area contributed by atoms with Crippen LogP contribution in [0.2, 0.25) is 0 Å². The van der Waals surface area contributed by atoms with Gasteiger partial charge in [-0.25, -0.2) is 4.79 Å². The van der Waals surface area contributed by atoms with Gasteiger partial charge in [0.15, 0.2) is 6.61 Å². The second-order valence-electron chi connectivity index (χ2n) is 11.3. The van der Waals surface area contributed by atoms with Crippen LogP contribution in [0.5, 0.6) is 5.75 Å². The fourth-order valence-electron chi connectivity index (χ4n) is 4.19. The predicted octanol–water partition coefficient (Wildman–Crippen LogP) is 3.41. The van der Waals surface area contributed by atoms with Crippen molar-refractivity contribution in [2.24, 2.45) is 5.92 Å². The zero-order valence-electron chi connectivity index (χ0n) is 23.5. The fourth-order valence-corrected chi connectivity index (χ4v) is 4.19. The molecule has 2 rings (SSSR count). The molecule has 0 radical (unpaired) electrons. The number of para-hydroxylation sites is 1. The molecule has 206 valence electrons. The molecule has 37 heavy (non-hydrogen) atoms. The number of hydrogen-bond acceptors (Lipinski definition) is 6. The lowest BCUT2D eigenvalue weighted by Crippen LogP contribution is -2.54. The zero-order chi connectivity index (χ0) is 27.9. The summed E-state index contributed by atoms with van der Waals surface area (Å²) in [4.78, 5) is 55.3. The average molecular weight is 518 g/mol. The highest BCUT2D eigenvalue weighted by atomic mass is 16.6. The van der Waals surface area contributed by atoms with Gasteiger partial charge in [-0.3, -0.25) is 14.4 Å². The number of carbonyl (C=O) groups is 4. The third-order valence-electron chi connectivity index (χ3n) is 6.15. The summed E-state index contributed by atoms with van der Waals surface area (Å²) in [6.07, 6.45) is 1.76. The Bertz CT molecular complexity index is 969. The number of carbonyl (C=O) groups excluding carboxylic acids is 4. The number of esters is 1. The second kappa shape index (κ2) is 12.9.